The fourth-order valence-electron chi connectivity index (χ4n) is 2.72. The number of hydrogen-bond acceptors (Lipinski definition) is 5. The summed E-state index contributed by atoms with van der Waals surface area (Å²) in [4.78, 5) is 12.7. The van der Waals surface area contributed by atoms with Crippen LogP contribution < -0.4 is 14.8 Å². The third-order valence-corrected chi connectivity index (χ3v) is 4.21. The minimum absolute atomic E-state index is 0.302. The minimum Gasteiger partial charge on any atom is -0.489 e. The van der Waals surface area contributed by atoms with Crippen molar-refractivity contribution >= 4 is 11.7 Å². The summed E-state index contributed by atoms with van der Waals surface area (Å²) in [5.41, 5.74) is 1.43. The lowest BCUT2D eigenvalue weighted by atomic mass is 10.2. The van der Waals surface area contributed by atoms with Crippen LogP contribution in [0.1, 0.15) is 29.3 Å². The van der Waals surface area contributed by atoms with Gasteiger partial charge in [0, 0.05) is 44.5 Å². The number of nitrogens with one attached hydrogen (secondary N) is 1. The topological polar surface area (TPSA) is 74.6 Å². The Morgan fingerprint density at radius 3 is 2.55 bits per heavy atom. The van der Waals surface area contributed by atoms with Crippen LogP contribution in [0.4, 0.5) is 5.82 Å². The molecule has 0 aliphatic heterocycles. The van der Waals surface area contributed by atoms with Gasteiger partial charge in [0.25, 0.3) is 5.91 Å². The van der Waals surface area contributed by atoms with E-state index in [9.17, 15) is 4.79 Å². The molecule has 0 saturated heterocycles. The molecule has 7 heteroatoms. The van der Waals surface area contributed by atoms with Crippen LogP contribution in [-0.4, -0.2) is 29.1 Å². The zero-order valence-corrected chi connectivity index (χ0v) is 16.8. The summed E-state index contributed by atoms with van der Waals surface area (Å²) in [7, 11) is 3.37. The van der Waals surface area contributed by atoms with Gasteiger partial charge in [-0.1, -0.05) is 37.3 Å². The highest BCUT2D eigenvalue weighted by Gasteiger charge is 2.14. The molecule has 1 aromatic heterocycles. The number of anilines is 1. The van der Waals surface area contributed by atoms with Crippen LogP contribution >= 0.6 is 0 Å². The maximum atomic E-state index is 12.7. The van der Waals surface area contributed by atoms with Crippen LogP contribution in [0.25, 0.3) is 0 Å². The number of ether oxygens (including phenoxy) is 3. The summed E-state index contributed by atoms with van der Waals surface area (Å²) in [6.07, 6.45) is 2.01. The standard InChI is InChI=1S/C22H25N3O4/c1-4-21(27-3)29-19-13-17(22(26)23-20-10-11-25(2)24-20)12-18(14-19)28-15-16-8-6-5-7-9-16/h5-14,21H,4,15H2,1-3H3,(H,23,24,26). The Kier molecular flexibility index (Phi) is 6.86. The van der Waals surface area contributed by atoms with Crippen molar-refractivity contribution in [2.45, 2.75) is 26.2 Å². The Morgan fingerprint density at radius 1 is 1.14 bits per heavy atom. The largest absolute Gasteiger partial charge is 0.489 e. The highest BCUT2D eigenvalue weighted by Crippen LogP contribution is 2.26. The summed E-state index contributed by atoms with van der Waals surface area (Å²) >= 11 is 0. The molecule has 1 N–H and O–H groups in total. The minimum atomic E-state index is -0.411. The molecule has 0 saturated carbocycles. The highest BCUT2D eigenvalue weighted by atomic mass is 16.7. The number of hydrogen-bond donors (Lipinski definition) is 1. The number of amides is 1. The Bertz CT molecular complexity index is 936. The molecule has 3 aromatic rings. The molecule has 1 amide bonds. The second-order valence-electron chi connectivity index (χ2n) is 6.49. The molecule has 152 valence electrons. The van der Waals surface area contributed by atoms with Crippen molar-refractivity contribution in [3.8, 4) is 11.5 Å². The van der Waals surface area contributed by atoms with Gasteiger partial charge >= 0.3 is 0 Å². The van der Waals surface area contributed by atoms with E-state index in [-0.39, 0.29) is 5.91 Å². The average Bonchev–Trinajstić information content (AvgIpc) is 3.15. The summed E-state index contributed by atoms with van der Waals surface area (Å²) in [5.74, 6) is 1.20. The van der Waals surface area contributed by atoms with E-state index in [4.69, 9.17) is 14.2 Å². The Balaban J connectivity index is 1.81. The van der Waals surface area contributed by atoms with Crippen LogP contribution in [0.3, 0.4) is 0 Å². The number of carbonyl (C=O) groups is 1. The lowest BCUT2D eigenvalue weighted by molar-refractivity contribution is -0.0549. The van der Waals surface area contributed by atoms with Crippen molar-refractivity contribution in [1.82, 2.24) is 9.78 Å². The van der Waals surface area contributed by atoms with Gasteiger partial charge in [-0.05, 0) is 17.7 Å². The maximum Gasteiger partial charge on any atom is 0.257 e. The number of methoxy groups -OCH3 is 1. The van der Waals surface area contributed by atoms with Crippen LogP contribution in [-0.2, 0) is 18.4 Å². The molecule has 0 radical (unpaired) electrons. The van der Waals surface area contributed by atoms with Crippen molar-refractivity contribution in [2.24, 2.45) is 7.05 Å². The lowest BCUT2D eigenvalue weighted by Crippen LogP contribution is -2.18. The molecule has 7 nitrogen and oxygen atoms in total. The number of aromatic nitrogens is 2. The molecule has 2 aromatic carbocycles. The molecule has 0 aliphatic carbocycles. The molecule has 1 unspecified atom stereocenters. The molecule has 0 fully saturated rings. The zero-order valence-electron chi connectivity index (χ0n) is 16.8. The van der Waals surface area contributed by atoms with Crippen molar-refractivity contribution in [3.63, 3.8) is 0 Å². The van der Waals surface area contributed by atoms with Crippen molar-refractivity contribution in [1.29, 1.82) is 0 Å². The van der Waals surface area contributed by atoms with E-state index in [1.54, 1.807) is 49.3 Å². The number of aryl methyl sites for hydroxylation is 1. The van der Waals surface area contributed by atoms with E-state index in [0.29, 0.717) is 35.9 Å². The summed E-state index contributed by atoms with van der Waals surface area (Å²) in [6.45, 7) is 2.34. The van der Waals surface area contributed by atoms with E-state index in [1.807, 2.05) is 37.3 Å². The predicted octanol–water partition coefficient (Wildman–Crippen LogP) is 4.01. The Labute approximate surface area is 170 Å². The van der Waals surface area contributed by atoms with E-state index < -0.39 is 6.29 Å². The maximum absolute atomic E-state index is 12.7. The zero-order chi connectivity index (χ0) is 20.6. The molecule has 1 heterocycles. The van der Waals surface area contributed by atoms with Gasteiger partial charge < -0.3 is 19.5 Å². The van der Waals surface area contributed by atoms with E-state index in [0.717, 1.165) is 5.56 Å². The SMILES string of the molecule is CCC(OC)Oc1cc(OCc2ccccc2)cc(C(=O)Nc2ccn(C)n2)c1. The van der Waals surface area contributed by atoms with Gasteiger partial charge in [0.1, 0.15) is 18.1 Å². The van der Waals surface area contributed by atoms with Gasteiger partial charge in [-0.25, -0.2) is 0 Å². The first-order valence-corrected chi connectivity index (χ1v) is 9.39. The molecule has 1 atom stereocenters. The first-order valence-electron chi connectivity index (χ1n) is 9.39. The van der Waals surface area contributed by atoms with E-state index >= 15 is 0 Å². The third kappa shape index (κ3) is 5.83. The number of rotatable bonds is 9. The quantitative estimate of drug-likeness (QED) is 0.554. The smallest absolute Gasteiger partial charge is 0.257 e. The van der Waals surface area contributed by atoms with E-state index in [1.165, 1.54) is 0 Å². The predicted molar refractivity (Wildman–Crippen MR) is 110 cm³/mol. The van der Waals surface area contributed by atoms with E-state index in [2.05, 4.69) is 10.4 Å². The first kappa shape index (κ1) is 20.4. The Morgan fingerprint density at radius 2 is 1.90 bits per heavy atom. The second kappa shape index (κ2) is 9.75. The summed E-state index contributed by atoms with van der Waals surface area (Å²) < 4.78 is 18.7. The number of benzene rings is 2. The lowest BCUT2D eigenvalue weighted by Gasteiger charge is -2.17. The third-order valence-electron chi connectivity index (χ3n) is 4.21. The van der Waals surface area contributed by atoms with Gasteiger partial charge in [-0.2, -0.15) is 5.10 Å². The molecule has 0 aliphatic rings. The summed E-state index contributed by atoms with van der Waals surface area (Å²) in [5, 5.41) is 6.95. The van der Waals surface area contributed by atoms with Gasteiger partial charge in [0.15, 0.2) is 12.1 Å². The monoisotopic (exact) mass is 395 g/mol. The number of carbonyl (C=O) groups excluding carboxylic acids is 1. The number of nitrogens with zero attached hydrogens (tertiary/aromatic N) is 2. The van der Waals surface area contributed by atoms with Gasteiger partial charge in [-0.15, -0.1) is 0 Å². The highest BCUT2D eigenvalue weighted by molar-refractivity contribution is 6.04. The van der Waals surface area contributed by atoms with Crippen LogP contribution in [0.5, 0.6) is 11.5 Å². The molecular weight excluding hydrogens is 370 g/mol. The van der Waals surface area contributed by atoms with Crippen molar-refractivity contribution < 1.29 is 19.0 Å². The van der Waals surface area contributed by atoms with Crippen LogP contribution in [0, 0.1) is 0 Å². The summed E-state index contributed by atoms with van der Waals surface area (Å²) in [6, 6.07) is 16.6. The Hall–Kier alpha value is -3.32. The molecule has 0 spiro atoms. The molecular formula is C22H25N3O4. The molecule has 0 bridgehead atoms. The first-order chi connectivity index (χ1) is 14.1. The normalized spacial score (nSPS) is 11.7. The van der Waals surface area contributed by atoms with Crippen molar-refractivity contribution in [2.75, 3.05) is 12.4 Å². The second-order valence-corrected chi connectivity index (χ2v) is 6.49. The fourth-order valence-corrected chi connectivity index (χ4v) is 2.72. The van der Waals surface area contributed by atoms with Gasteiger partial charge in [-0.3, -0.25) is 9.48 Å². The molecule has 3 rings (SSSR count). The average molecular weight is 395 g/mol. The molecule has 29 heavy (non-hydrogen) atoms. The van der Waals surface area contributed by atoms with Gasteiger partial charge in [0.2, 0.25) is 0 Å². The van der Waals surface area contributed by atoms with Crippen LogP contribution in [0.2, 0.25) is 0 Å². The fraction of sp³-hybridized carbons (Fsp3) is 0.273. The van der Waals surface area contributed by atoms with Crippen LogP contribution in [0.15, 0.2) is 60.8 Å². The van der Waals surface area contributed by atoms with Gasteiger partial charge in [0.05, 0.1) is 0 Å². The van der Waals surface area contributed by atoms with Crippen molar-refractivity contribution in [3.05, 3.63) is 71.9 Å².